The van der Waals surface area contributed by atoms with Crippen molar-refractivity contribution in [2.75, 3.05) is 7.11 Å². The van der Waals surface area contributed by atoms with E-state index in [9.17, 15) is 4.79 Å². The predicted molar refractivity (Wildman–Crippen MR) is 122 cm³/mol. The fourth-order valence-corrected chi connectivity index (χ4v) is 3.67. The zero-order chi connectivity index (χ0) is 21.8. The summed E-state index contributed by atoms with van der Waals surface area (Å²) in [7, 11) is 1.63. The molecule has 3 aromatic carbocycles. The number of rotatable bonds is 7. The quantitative estimate of drug-likeness (QED) is 0.357. The maximum Gasteiger partial charge on any atom is 0.189 e. The van der Waals surface area contributed by atoms with E-state index in [1.165, 1.54) is 0 Å². The lowest BCUT2D eigenvalue weighted by Gasteiger charge is -2.17. The second kappa shape index (κ2) is 8.68. The van der Waals surface area contributed by atoms with Crippen LogP contribution in [0.1, 0.15) is 40.9 Å². The molecule has 1 heterocycles. The van der Waals surface area contributed by atoms with Crippen LogP contribution in [0, 0.1) is 0 Å². The Morgan fingerprint density at radius 2 is 1.77 bits per heavy atom. The summed E-state index contributed by atoms with van der Waals surface area (Å²) in [6, 6.07) is 21.3. The average molecular weight is 415 g/mol. The van der Waals surface area contributed by atoms with Crippen LogP contribution in [0.2, 0.25) is 0 Å². The van der Waals surface area contributed by atoms with Crippen LogP contribution in [-0.2, 0) is 13.0 Å². The smallest absolute Gasteiger partial charge is 0.189 e. The number of fused-ring (bicyclic) bond motifs is 1. The van der Waals surface area contributed by atoms with Gasteiger partial charge in [-0.15, -0.1) is 0 Å². The summed E-state index contributed by atoms with van der Waals surface area (Å²) < 4.78 is 17.4. The molecule has 0 amide bonds. The molecule has 0 N–H and O–H groups in total. The Labute approximate surface area is 183 Å². The number of hydrogen-bond acceptors (Lipinski definition) is 4. The van der Waals surface area contributed by atoms with E-state index in [0.29, 0.717) is 24.3 Å². The Balaban J connectivity index is 1.57. The van der Waals surface area contributed by atoms with Crippen LogP contribution in [0.4, 0.5) is 0 Å². The Bertz CT molecular complexity index is 1100. The van der Waals surface area contributed by atoms with Crippen molar-refractivity contribution in [3.63, 3.8) is 0 Å². The van der Waals surface area contributed by atoms with E-state index in [4.69, 9.17) is 14.2 Å². The molecule has 158 valence electrons. The van der Waals surface area contributed by atoms with E-state index in [1.54, 1.807) is 25.3 Å². The number of methoxy groups -OCH3 is 1. The molecule has 4 rings (SSSR count). The molecule has 0 saturated heterocycles. The number of ether oxygens (including phenoxy) is 3. The summed E-state index contributed by atoms with van der Waals surface area (Å²) in [4.78, 5) is 13.0. The van der Waals surface area contributed by atoms with Gasteiger partial charge in [0.25, 0.3) is 0 Å². The van der Waals surface area contributed by atoms with Crippen molar-refractivity contribution >= 4 is 11.9 Å². The van der Waals surface area contributed by atoms with E-state index in [-0.39, 0.29) is 11.4 Å². The molecule has 3 aromatic rings. The molecule has 31 heavy (non-hydrogen) atoms. The highest BCUT2D eigenvalue weighted by Crippen LogP contribution is 2.43. The molecule has 0 spiro atoms. The molecule has 0 fully saturated rings. The zero-order valence-corrected chi connectivity index (χ0v) is 18.1. The molecule has 0 aliphatic carbocycles. The van der Waals surface area contributed by atoms with Gasteiger partial charge in [-0.25, -0.2) is 0 Å². The number of allylic oxidation sites excluding steroid dienone is 1. The van der Waals surface area contributed by atoms with Crippen molar-refractivity contribution in [3.8, 4) is 17.2 Å². The maximum atomic E-state index is 13.0. The van der Waals surface area contributed by atoms with Crippen molar-refractivity contribution in [3.05, 3.63) is 95.1 Å². The summed E-state index contributed by atoms with van der Waals surface area (Å²) in [5.41, 5.74) is 3.14. The van der Waals surface area contributed by atoms with E-state index in [2.05, 4.69) is 0 Å². The van der Waals surface area contributed by atoms with Crippen LogP contribution in [0.25, 0.3) is 6.08 Å². The highest BCUT2D eigenvalue weighted by Gasteiger charge is 2.35. The lowest BCUT2D eigenvalue weighted by molar-refractivity contribution is 0.103. The van der Waals surface area contributed by atoms with Gasteiger partial charge < -0.3 is 14.2 Å². The molecular formula is C27H26O4. The first-order valence-corrected chi connectivity index (χ1v) is 10.3. The predicted octanol–water partition coefficient (Wildman–Crippen LogP) is 5.88. The summed E-state index contributed by atoms with van der Waals surface area (Å²) in [6.45, 7) is 4.52. The second-order valence-electron chi connectivity index (χ2n) is 8.20. The number of ketones is 1. The first-order chi connectivity index (χ1) is 14.9. The van der Waals surface area contributed by atoms with Gasteiger partial charge in [-0.05, 0) is 55.3 Å². The minimum Gasteiger partial charge on any atom is -0.497 e. The zero-order valence-electron chi connectivity index (χ0n) is 18.1. The highest BCUT2D eigenvalue weighted by molar-refractivity contribution is 6.09. The lowest BCUT2D eigenvalue weighted by Crippen LogP contribution is -2.25. The first kappa shape index (κ1) is 20.7. The van der Waals surface area contributed by atoms with Gasteiger partial charge in [-0.2, -0.15) is 0 Å². The SMILES string of the molecule is COc1ccc(/C=C/C(=O)c2ccc(OCc3ccccc3)c3c2OC(C)(C)C3)cc1. The molecule has 0 bridgehead atoms. The van der Waals surface area contributed by atoms with E-state index in [0.717, 1.165) is 28.2 Å². The summed E-state index contributed by atoms with van der Waals surface area (Å²) in [5.74, 6) is 2.07. The third-order valence-corrected chi connectivity index (χ3v) is 5.24. The van der Waals surface area contributed by atoms with Crippen molar-refractivity contribution < 1.29 is 19.0 Å². The van der Waals surface area contributed by atoms with E-state index >= 15 is 0 Å². The topological polar surface area (TPSA) is 44.8 Å². The second-order valence-corrected chi connectivity index (χ2v) is 8.20. The summed E-state index contributed by atoms with van der Waals surface area (Å²) >= 11 is 0. The minimum absolute atomic E-state index is 0.0978. The van der Waals surface area contributed by atoms with Crippen LogP contribution in [-0.4, -0.2) is 18.5 Å². The van der Waals surface area contributed by atoms with Gasteiger partial charge in [0.05, 0.1) is 12.7 Å². The molecule has 1 aliphatic rings. The van der Waals surface area contributed by atoms with Crippen molar-refractivity contribution in [2.45, 2.75) is 32.5 Å². The molecule has 0 atom stereocenters. The number of hydrogen-bond donors (Lipinski definition) is 0. The largest absolute Gasteiger partial charge is 0.497 e. The Hall–Kier alpha value is -3.53. The van der Waals surface area contributed by atoms with Crippen molar-refractivity contribution in [1.82, 2.24) is 0 Å². The molecule has 0 aromatic heterocycles. The van der Waals surface area contributed by atoms with E-state index in [1.807, 2.05) is 74.5 Å². The molecule has 4 nitrogen and oxygen atoms in total. The van der Waals surface area contributed by atoms with Gasteiger partial charge in [0.2, 0.25) is 0 Å². The fraction of sp³-hybridized carbons (Fsp3) is 0.222. The average Bonchev–Trinajstić information content (AvgIpc) is 3.12. The summed E-state index contributed by atoms with van der Waals surface area (Å²) in [5, 5.41) is 0. The monoisotopic (exact) mass is 414 g/mol. The number of carbonyl (C=O) groups excluding carboxylic acids is 1. The third-order valence-electron chi connectivity index (χ3n) is 5.24. The Morgan fingerprint density at radius 3 is 2.48 bits per heavy atom. The lowest BCUT2D eigenvalue weighted by atomic mass is 9.98. The van der Waals surface area contributed by atoms with Crippen LogP contribution < -0.4 is 14.2 Å². The van der Waals surface area contributed by atoms with Gasteiger partial charge in [0, 0.05) is 12.0 Å². The maximum absolute atomic E-state index is 13.0. The standard InChI is InChI=1S/C27H26O4/c1-27(2)17-23-25(30-18-20-7-5-4-6-8-20)16-14-22(26(23)31-27)24(28)15-11-19-9-12-21(29-3)13-10-19/h4-16H,17-18H2,1-3H3/b15-11+. The van der Waals surface area contributed by atoms with Crippen LogP contribution >= 0.6 is 0 Å². The van der Waals surface area contributed by atoms with Crippen LogP contribution in [0.5, 0.6) is 17.2 Å². The van der Waals surface area contributed by atoms with Crippen molar-refractivity contribution in [1.29, 1.82) is 0 Å². The van der Waals surface area contributed by atoms with Gasteiger partial charge >= 0.3 is 0 Å². The molecular weight excluding hydrogens is 388 g/mol. The van der Waals surface area contributed by atoms with Crippen LogP contribution in [0.3, 0.4) is 0 Å². The molecule has 0 radical (unpaired) electrons. The molecule has 0 unspecified atom stereocenters. The molecule has 0 saturated carbocycles. The van der Waals surface area contributed by atoms with E-state index < -0.39 is 0 Å². The minimum atomic E-state index is -0.386. The highest BCUT2D eigenvalue weighted by atomic mass is 16.5. The normalized spacial score (nSPS) is 14.2. The van der Waals surface area contributed by atoms with Crippen molar-refractivity contribution in [2.24, 2.45) is 0 Å². The van der Waals surface area contributed by atoms with Gasteiger partial charge in [0.1, 0.15) is 29.5 Å². The van der Waals surface area contributed by atoms with Crippen LogP contribution in [0.15, 0.2) is 72.8 Å². The van der Waals surface area contributed by atoms with Gasteiger partial charge in [-0.3, -0.25) is 4.79 Å². The number of benzene rings is 3. The van der Waals surface area contributed by atoms with Gasteiger partial charge in [-0.1, -0.05) is 48.5 Å². The first-order valence-electron chi connectivity index (χ1n) is 10.3. The number of carbonyl (C=O) groups is 1. The molecule has 1 aliphatic heterocycles. The molecule has 4 heteroatoms. The summed E-state index contributed by atoms with van der Waals surface area (Å²) in [6.07, 6.45) is 4.07. The third kappa shape index (κ3) is 4.80. The Morgan fingerprint density at radius 1 is 1.03 bits per heavy atom. The fourth-order valence-electron chi connectivity index (χ4n) is 3.67. The Kier molecular flexibility index (Phi) is 5.81. The van der Waals surface area contributed by atoms with Gasteiger partial charge in [0.15, 0.2) is 5.78 Å².